The van der Waals surface area contributed by atoms with Crippen LogP contribution in [0.5, 0.6) is 0 Å². The van der Waals surface area contributed by atoms with Gasteiger partial charge in [0.25, 0.3) is 0 Å². The molecule has 2 atom stereocenters. The van der Waals surface area contributed by atoms with Gasteiger partial charge in [-0.2, -0.15) is 0 Å². The number of fused-ring (bicyclic) bond motifs is 2. The van der Waals surface area contributed by atoms with Gasteiger partial charge in [0.15, 0.2) is 0 Å². The summed E-state index contributed by atoms with van der Waals surface area (Å²) in [4.78, 5) is 10.2. The normalized spacial score (nSPS) is 31.8. The van der Waals surface area contributed by atoms with E-state index in [1.807, 2.05) is 12.4 Å². The summed E-state index contributed by atoms with van der Waals surface area (Å²) in [6, 6.07) is 1.38. The van der Waals surface area contributed by atoms with E-state index in [2.05, 4.69) is 34.0 Å². The first-order chi connectivity index (χ1) is 9.24. The number of hydrogen-bond donors (Lipinski definition) is 2. The molecule has 1 aliphatic carbocycles. The molecule has 106 valence electrons. The number of likely N-dealkylation sites (tertiary alicyclic amines) is 1. The number of H-pyrrole nitrogens is 1. The van der Waals surface area contributed by atoms with Gasteiger partial charge in [-0.25, -0.2) is 4.98 Å². The molecule has 0 aromatic carbocycles. The van der Waals surface area contributed by atoms with Crippen molar-refractivity contribution in [3.63, 3.8) is 0 Å². The van der Waals surface area contributed by atoms with Crippen LogP contribution in [0.3, 0.4) is 0 Å². The minimum Gasteiger partial charge on any atom is -0.348 e. The summed E-state index contributed by atoms with van der Waals surface area (Å²) < 4.78 is 0. The minimum absolute atomic E-state index is 0.689. The number of rotatable bonds is 4. The zero-order valence-corrected chi connectivity index (χ0v) is 12.1. The summed E-state index contributed by atoms with van der Waals surface area (Å²) >= 11 is 0. The average Bonchev–Trinajstić information content (AvgIpc) is 2.88. The van der Waals surface area contributed by atoms with Crippen LogP contribution in [0, 0.1) is 11.8 Å². The summed E-state index contributed by atoms with van der Waals surface area (Å²) in [7, 11) is 0. The molecule has 1 aliphatic heterocycles. The van der Waals surface area contributed by atoms with E-state index in [9.17, 15) is 0 Å². The quantitative estimate of drug-likeness (QED) is 0.872. The number of aromatic nitrogens is 2. The third-order valence-electron chi connectivity index (χ3n) is 4.89. The molecule has 1 aromatic heterocycles. The van der Waals surface area contributed by atoms with E-state index in [1.54, 1.807) is 0 Å². The molecule has 0 spiro atoms. The zero-order chi connectivity index (χ0) is 13.2. The van der Waals surface area contributed by atoms with E-state index >= 15 is 0 Å². The largest absolute Gasteiger partial charge is 0.348 e. The number of imidazole rings is 1. The molecule has 1 saturated heterocycles. The highest BCUT2D eigenvalue weighted by Crippen LogP contribution is 2.35. The highest BCUT2D eigenvalue weighted by Gasteiger charge is 2.39. The lowest BCUT2D eigenvalue weighted by Gasteiger charge is -2.49. The minimum atomic E-state index is 0.689. The lowest BCUT2D eigenvalue weighted by atomic mass is 9.73. The van der Waals surface area contributed by atoms with E-state index in [1.165, 1.54) is 32.4 Å². The Morgan fingerprint density at radius 1 is 1.37 bits per heavy atom. The molecule has 2 heterocycles. The summed E-state index contributed by atoms with van der Waals surface area (Å²) in [6.07, 6.45) is 7.92. The third-order valence-corrected chi connectivity index (χ3v) is 4.89. The molecule has 2 N–H and O–H groups in total. The average molecular weight is 262 g/mol. The number of nitrogens with zero attached hydrogens (tertiary/aromatic N) is 2. The maximum absolute atomic E-state index is 4.31. The van der Waals surface area contributed by atoms with Crippen molar-refractivity contribution in [1.29, 1.82) is 0 Å². The molecular formula is C15H26N4. The van der Waals surface area contributed by atoms with Crippen molar-refractivity contribution in [2.45, 2.75) is 51.7 Å². The fourth-order valence-electron chi connectivity index (χ4n) is 3.84. The molecular weight excluding hydrogens is 236 g/mol. The molecule has 0 radical (unpaired) electrons. The second-order valence-electron chi connectivity index (χ2n) is 6.44. The maximum Gasteiger partial charge on any atom is 0.120 e. The van der Waals surface area contributed by atoms with E-state index in [-0.39, 0.29) is 0 Å². The molecule has 1 saturated carbocycles. The fraction of sp³-hybridized carbons (Fsp3) is 0.800. The Balaban J connectivity index is 1.62. The number of nitrogens with one attached hydrogen (secondary N) is 2. The molecule has 2 bridgehead atoms. The highest BCUT2D eigenvalue weighted by atomic mass is 15.2. The predicted molar refractivity (Wildman–Crippen MR) is 76.8 cm³/mol. The Labute approximate surface area is 116 Å². The van der Waals surface area contributed by atoms with Crippen molar-refractivity contribution in [2.75, 3.05) is 13.1 Å². The van der Waals surface area contributed by atoms with Crippen LogP contribution >= 0.6 is 0 Å². The van der Waals surface area contributed by atoms with E-state index in [0.29, 0.717) is 12.1 Å². The first kappa shape index (κ1) is 13.1. The number of hydrogen-bond acceptors (Lipinski definition) is 3. The molecule has 2 aliphatic rings. The van der Waals surface area contributed by atoms with Crippen LogP contribution in [0.1, 0.15) is 38.9 Å². The zero-order valence-electron chi connectivity index (χ0n) is 12.1. The third kappa shape index (κ3) is 2.84. The molecule has 4 nitrogen and oxygen atoms in total. The summed E-state index contributed by atoms with van der Waals surface area (Å²) in [5.74, 6) is 2.71. The first-order valence-electron chi connectivity index (χ1n) is 7.69. The molecule has 4 heteroatoms. The molecule has 3 rings (SSSR count). The van der Waals surface area contributed by atoms with Gasteiger partial charge in [0.05, 0.1) is 6.54 Å². The van der Waals surface area contributed by atoms with Crippen LogP contribution in [-0.2, 0) is 6.54 Å². The van der Waals surface area contributed by atoms with Crippen LogP contribution in [0.2, 0.25) is 0 Å². The van der Waals surface area contributed by atoms with E-state index in [4.69, 9.17) is 0 Å². The highest BCUT2D eigenvalue weighted by molar-refractivity contribution is 4.97. The van der Waals surface area contributed by atoms with Crippen molar-refractivity contribution >= 4 is 0 Å². The second-order valence-corrected chi connectivity index (χ2v) is 6.44. The van der Waals surface area contributed by atoms with Crippen molar-refractivity contribution in [1.82, 2.24) is 20.2 Å². The van der Waals surface area contributed by atoms with Crippen molar-refractivity contribution in [3.8, 4) is 0 Å². The van der Waals surface area contributed by atoms with Gasteiger partial charge in [-0.3, -0.25) is 0 Å². The Bertz CT molecular complexity index is 373. The smallest absolute Gasteiger partial charge is 0.120 e. The number of piperidine rings is 1. The van der Waals surface area contributed by atoms with E-state index < -0.39 is 0 Å². The van der Waals surface area contributed by atoms with Gasteiger partial charge in [0, 0.05) is 37.6 Å². The van der Waals surface area contributed by atoms with Crippen molar-refractivity contribution in [3.05, 3.63) is 18.2 Å². The SMILES string of the molecule is CC(C)N1CC2CCCC(C1)C2NCc1ncc[nH]1. The fourth-order valence-corrected chi connectivity index (χ4v) is 3.84. The van der Waals surface area contributed by atoms with Crippen molar-refractivity contribution < 1.29 is 0 Å². The van der Waals surface area contributed by atoms with Crippen molar-refractivity contribution in [2.24, 2.45) is 11.8 Å². The first-order valence-corrected chi connectivity index (χ1v) is 7.69. The Morgan fingerprint density at radius 3 is 2.68 bits per heavy atom. The molecule has 2 fully saturated rings. The van der Waals surface area contributed by atoms with Gasteiger partial charge >= 0.3 is 0 Å². The summed E-state index contributed by atoms with van der Waals surface area (Å²) in [5, 5.41) is 3.77. The predicted octanol–water partition coefficient (Wildman–Crippen LogP) is 2.01. The standard InChI is InChI=1S/C15H26N4/c1-11(2)19-9-12-4-3-5-13(10-19)15(12)18-8-14-16-6-7-17-14/h6-7,11-13,15,18H,3-5,8-10H2,1-2H3,(H,16,17). The van der Waals surface area contributed by atoms with Gasteiger partial charge in [0.1, 0.15) is 5.82 Å². The Morgan fingerprint density at radius 2 is 2.11 bits per heavy atom. The van der Waals surface area contributed by atoms with E-state index in [0.717, 1.165) is 24.2 Å². The molecule has 0 amide bonds. The van der Waals surface area contributed by atoms with Gasteiger partial charge in [-0.05, 0) is 38.5 Å². The van der Waals surface area contributed by atoms with Gasteiger partial charge in [0.2, 0.25) is 0 Å². The van der Waals surface area contributed by atoms with Crippen LogP contribution in [0.15, 0.2) is 12.4 Å². The molecule has 19 heavy (non-hydrogen) atoms. The van der Waals surface area contributed by atoms with Crippen LogP contribution < -0.4 is 5.32 Å². The summed E-state index contributed by atoms with van der Waals surface area (Å²) in [5.41, 5.74) is 0. The molecule has 2 unspecified atom stereocenters. The maximum atomic E-state index is 4.31. The molecule has 1 aromatic rings. The lowest BCUT2D eigenvalue weighted by Crippen LogP contribution is -2.58. The van der Waals surface area contributed by atoms with Gasteiger partial charge in [-0.1, -0.05) is 6.42 Å². The Hall–Kier alpha value is -0.870. The van der Waals surface area contributed by atoms with Gasteiger partial charge < -0.3 is 15.2 Å². The monoisotopic (exact) mass is 262 g/mol. The van der Waals surface area contributed by atoms with Crippen LogP contribution in [-0.4, -0.2) is 40.0 Å². The summed E-state index contributed by atoms with van der Waals surface area (Å²) in [6.45, 7) is 8.07. The number of aromatic amines is 1. The van der Waals surface area contributed by atoms with Crippen LogP contribution in [0.4, 0.5) is 0 Å². The lowest BCUT2D eigenvalue weighted by molar-refractivity contribution is 0.0287. The second kappa shape index (κ2) is 5.63. The topological polar surface area (TPSA) is 44.0 Å². The van der Waals surface area contributed by atoms with Crippen LogP contribution in [0.25, 0.3) is 0 Å². The van der Waals surface area contributed by atoms with Gasteiger partial charge in [-0.15, -0.1) is 0 Å². The Kier molecular flexibility index (Phi) is 3.89.